The minimum atomic E-state index is -0.846. The van der Waals surface area contributed by atoms with Crippen LogP contribution in [0.4, 0.5) is 19.3 Å². The van der Waals surface area contributed by atoms with E-state index in [4.69, 9.17) is 9.84 Å². The van der Waals surface area contributed by atoms with Gasteiger partial charge in [-0.3, -0.25) is 15.1 Å². The highest BCUT2D eigenvalue weighted by molar-refractivity contribution is 6.01. The van der Waals surface area contributed by atoms with Crippen LogP contribution in [0.5, 0.6) is 11.5 Å². The van der Waals surface area contributed by atoms with Gasteiger partial charge in [0.15, 0.2) is 11.6 Å². The summed E-state index contributed by atoms with van der Waals surface area (Å²) >= 11 is 0. The van der Waals surface area contributed by atoms with Gasteiger partial charge in [-0.1, -0.05) is 24.0 Å². The zero-order chi connectivity index (χ0) is 22.9. The molecule has 7 nitrogen and oxygen atoms in total. The minimum absolute atomic E-state index is 0. The number of carbonyl (C=O) groups excluding carboxylic acids is 2. The first-order valence-electron chi connectivity index (χ1n) is 9.31. The quantitative estimate of drug-likeness (QED) is 0.489. The summed E-state index contributed by atoms with van der Waals surface area (Å²) in [6.45, 7) is -0.350. The number of nitrogens with zero attached hydrogens (tertiary/aromatic N) is 1. The van der Waals surface area contributed by atoms with Crippen molar-refractivity contribution in [2.24, 2.45) is 0 Å². The monoisotopic (exact) mass is 473 g/mol. The van der Waals surface area contributed by atoms with E-state index in [0.29, 0.717) is 11.1 Å². The van der Waals surface area contributed by atoms with Crippen molar-refractivity contribution >= 4 is 30.0 Å². The molecule has 33 heavy (non-hydrogen) atoms. The zero-order valence-electron chi connectivity index (χ0n) is 17.0. The molecule has 3 N–H and O–H groups in total. The molecule has 1 heterocycles. The number of benzene rings is 2. The van der Waals surface area contributed by atoms with Crippen LogP contribution in [0.1, 0.15) is 11.1 Å². The van der Waals surface area contributed by atoms with E-state index in [1.165, 1.54) is 54.9 Å². The van der Waals surface area contributed by atoms with Gasteiger partial charge in [0.1, 0.15) is 18.2 Å². The Bertz CT molecular complexity index is 1190. The Morgan fingerprint density at radius 3 is 2.52 bits per heavy atom. The van der Waals surface area contributed by atoms with Crippen molar-refractivity contribution in [2.45, 2.75) is 6.42 Å². The smallest absolute Gasteiger partial charge is 0.325 e. The summed E-state index contributed by atoms with van der Waals surface area (Å²) in [6, 6.07) is 9.66. The van der Waals surface area contributed by atoms with Gasteiger partial charge < -0.3 is 15.2 Å². The molecule has 0 fully saturated rings. The molecule has 3 aromatic rings. The van der Waals surface area contributed by atoms with Crippen LogP contribution in [0.3, 0.4) is 0 Å². The fourth-order valence-electron chi connectivity index (χ4n) is 2.60. The summed E-state index contributed by atoms with van der Waals surface area (Å²) in [6.07, 6.45) is 2.74. The van der Waals surface area contributed by atoms with Crippen molar-refractivity contribution in [3.63, 3.8) is 0 Å². The van der Waals surface area contributed by atoms with E-state index < -0.39 is 23.6 Å². The van der Waals surface area contributed by atoms with Crippen molar-refractivity contribution in [1.29, 1.82) is 0 Å². The topological polar surface area (TPSA) is 101 Å². The number of pyridine rings is 1. The molecule has 0 bridgehead atoms. The number of amides is 3. The first kappa shape index (κ1) is 25.3. The molecule has 10 heteroatoms. The standard InChI is InChI=1S/C23H17F2N3O4.ClH/c24-17-5-3-15(4-6-17)12-22(30)28-23(31)27-18-7-8-21(19(25)13-18)32-20-9-10-26-14-16(20)2-1-11-29;/h3-10,13-14,29H,11-12H2,(H2,27,28,30,31);1H. The predicted molar refractivity (Wildman–Crippen MR) is 119 cm³/mol. The molecule has 3 amide bonds. The highest BCUT2D eigenvalue weighted by Gasteiger charge is 2.12. The van der Waals surface area contributed by atoms with Crippen LogP contribution >= 0.6 is 12.4 Å². The number of halogens is 3. The van der Waals surface area contributed by atoms with Gasteiger partial charge in [0.2, 0.25) is 5.91 Å². The Hall–Kier alpha value is -4.00. The Morgan fingerprint density at radius 2 is 1.82 bits per heavy atom. The van der Waals surface area contributed by atoms with Crippen molar-refractivity contribution in [1.82, 2.24) is 10.3 Å². The molecule has 0 atom stereocenters. The lowest BCUT2D eigenvalue weighted by molar-refractivity contribution is -0.119. The fraction of sp³-hybridized carbons (Fsp3) is 0.0870. The van der Waals surface area contributed by atoms with Crippen LogP contribution in [-0.2, 0) is 11.2 Å². The molecule has 2 aromatic carbocycles. The minimum Gasteiger partial charge on any atom is -0.453 e. The van der Waals surface area contributed by atoms with Gasteiger partial charge in [-0.05, 0) is 29.8 Å². The van der Waals surface area contributed by atoms with E-state index in [-0.39, 0.29) is 42.6 Å². The highest BCUT2D eigenvalue weighted by atomic mass is 35.5. The third-order valence-electron chi connectivity index (χ3n) is 4.02. The number of nitrogens with one attached hydrogen (secondary N) is 2. The summed E-state index contributed by atoms with van der Waals surface area (Å²) in [5, 5.41) is 13.3. The maximum absolute atomic E-state index is 14.5. The van der Waals surface area contributed by atoms with Gasteiger partial charge in [0, 0.05) is 30.2 Å². The normalized spacial score (nSPS) is 9.67. The molecule has 170 valence electrons. The second-order valence-corrected chi connectivity index (χ2v) is 6.38. The lowest BCUT2D eigenvalue weighted by Gasteiger charge is -2.11. The average molecular weight is 474 g/mol. The van der Waals surface area contributed by atoms with Gasteiger partial charge in [0.05, 0.1) is 12.0 Å². The van der Waals surface area contributed by atoms with E-state index in [2.05, 4.69) is 27.5 Å². The van der Waals surface area contributed by atoms with Crippen molar-refractivity contribution in [3.8, 4) is 23.3 Å². The summed E-state index contributed by atoms with van der Waals surface area (Å²) in [7, 11) is 0. The van der Waals surface area contributed by atoms with E-state index in [0.717, 1.165) is 6.07 Å². The number of ether oxygens (including phenoxy) is 1. The summed E-state index contributed by atoms with van der Waals surface area (Å²) in [5.41, 5.74) is 0.988. The number of aromatic nitrogens is 1. The molecule has 0 spiro atoms. The van der Waals surface area contributed by atoms with Crippen LogP contribution in [0.15, 0.2) is 60.9 Å². The first-order chi connectivity index (χ1) is 15.4. The van der Waals surface area contributed by atoms with Crippen LogP contribution in [0.2, 0.25) is 0 Å². The molecular formula is C23H18ClF2N3O4. The molecule has 0 aliphatic heterocycles. The SMILES string of the molecule is Cl.O=C(Cc1ccc(F)cc1)NC(=O)Nc1ccc(Oc2ccncc2C#CCO)c(F)c1. The summed E-state index contributed by atoms with van der Waals surface area (Å²) in [5.74, 6) is 3.43. The zero-order valence-corrected chi connectivity index (χ0v) is 17.8. The molecule has 3 rings (SSSR count). The van der Waals surface area contributed by atoms with Gasteiger partial charge in [-0.2, -0.15) is 0 Å². The van der Waals surface area contributed by atoms with E-state index >= 15 is 0 Å². The van der Waals surface area contributed by atoms with Crippen LogP contribution in [0, 0.1) is 23.5 Å². The van der Waals surface area contributed by atoms with Crippen LogP contribution in [0.25, 0.3) is 0 Å². The number of anilines is 1. The molecule has 0 saturated carbocycles. The number of urea groups is 1. The number of imide groups is 1. The first-order valence-corrected chi connectivity index (χ1v) is 9.31. The largest absolute Gasteiger partial charge is 0.453 e. The van der Waals surface area contributed by atoms with Gasteiger partial charge in [0.25, 0.3) is 0 Å². The number of hydrogen-bond donors (Lipinski definition) is 3. The fourth-order valence-corrected chi connectivity index (χ4v) is 2.60. The Balaban J connectivity index is 0.00000385. The number of aliphatic hydroxyl groups is 1. The third kappa shape index (κ3) is 7.57. The number of aliphatic hydroxyl groups excluding tert-OH is 1. The third-order valence-corrected chi connectivity index (χ3v) is 4.02. The molecule has 1 aromatic heterocycles. The van der Waals surface area contributed by atoms with Crippen LogP contribution in [-0.4, -0.2) is 28.6 Å². The number of carbonyl (C=O) groups is 2. The summed E-state index contributed by atoms with van der Waals surface area (Å²) in [4.78, 5) is 27.8. The molecular weight excluding hydrogens is 456 g/mol. The maximum Gasteiger partial charge on any atom is 0.325 e. The van der Waals surface area contributed by atoms with Gasteiger partial charge in [-0.15, -0.1) is 12.4 Å². The molecule has 0 saturated heterocycles. The molecule has 0 unspecified atom stereocenters. The lowest BCUT2D eigenvalue weighted by Crippen LogP contribution is -2.35. The van der Waals surface area contributed by atoms with Crippen molar-refractivity contribution in [3.05, 3.63) is 83.7 Å². The molecule has 0 radical (unpaired) electrons. The second kappa shape index (κ2) is 12.1. The van der Waals surface area contributed by atoms with Gasteiger partial charge >= 0.3 is 6.03 Å². The number of hydrogen-bond acceptors (Lipinski definition) is 5. The van der Waals surface area contributed by atoms with E-state index in [1.807, 2.05) is 0 Å². The second-order valence-electron chi connectivity index (χ2n) is 6.38. The Kier molecular flexibility index (Phi) is 9.30. The Labute approximate surface area is 194 Å². The Morgan fingerprint density at radius 1 is 1.06 bits per heavy atom. The van der Waals surface area contributed by atoms with E-state index in [9.17, 15) is 18.4 Å². The highest BCUT2D eigenvalue weighted by Crippen LogP contribution is 2.28. The maximum atomic E-state index is 14.5. The van der Waals surface area contributed by atoms with Gasteiger partial charge in [-0.25, -0.2) is 13.6 Å². The lowest BCUT2D eigenvalue weighted by atomic mass is 10.1. The molecule has 0 aliphatic carbocycles. The molecule has 0 aliphatic rings. The summed E-state index contributed by atoms with van der Waals surface area (Å²) < 4.78 is 32.9. The predicted octanol–water partition coefficient (Wildman–Crippen LogP) is 3.81. The average Bonchev–Trinajstić information content (AvgIpc) is 2.76. The van der Waals surface area contributed by atoms with Crippen LogP contribution < -0.4 is 15.4 Å². The number of rotatable bonds is 5. The van der Waals surface area contributed by atoms with E-state index in [1.54, 1.807) is 0 Å². The van der Waals surface area contributed by atoms with Crippen molar-refractivity contribution < 1.29 is 28.2 Å². The van der Waals surface area contributed by atoms with Crippen molar-refractivity contribution in [2.75, 3.05) is 11.9 Å².